The van der Waals surface area contributed by atoms with Crippen molar-refractivity contribution in [1.82, 2.24) is 5.32 Å². The average molecular weight is 295 g/mol. The van der Waals surface area contributed by atoms with E-state index in [0.29, 0.717) is 18.3 Å². The van der Waals surface area contributed by atoms with E-state index in [1.807, 2.05) is 0 Å². The molecule has 1 aliphatic carbocycles. The third-order valence-electron chi connectivity index (χ3n) is 4.68. The molecule has 0 radical (unpaired) electrons. The predicted molar refractivity (Wildman–Crippen MR) is 83.3 cm³/mol. The third-order valence-corrected chi connectivity index (χ3v) is 4.68. The van der Waals surface area contributed by atoms with E-state index in [4.69, 9.17) is 0 Å². The van der Waals surface area contributed by atoms with Crippen molar-refractivity contribution in [2.75, 3.05) is 13.1 Å². The van der Waals surface area contributed by atoms with E-state index in [1.165, 1.54) is 43.9 Å². The number of hydrogen-bond donors (Lipinski definition) is 1. The van der Waals surface area contributed by atoms with Gasteiger partial charge in [-0.25, -0.2) is 8.78 Å². The van der Waals surface area contributed by atoms with Crippen molar-refractivity contribution in [2.45, 2.75) is 51.9 Å². The highest BCUT2D eigenvalue weighted by Gasteiger charge is 2.25. The molecular formula is C18H27F2N. The Balaban J connectivity index is 2.05. The van der Waals surface area contributed by atoms with Gasteiger partial charge in [-0.1, -0.05) is 32.3 Å². The maximum atomic E-state index is 13.9. The molecule has 21 heavy (non-hydrogen) atoms. The summed E-state index contributed by atoms with van der Waals surface area (Å²) >= 11 is 0. The Bertz CT molecular complexity index is 413. The molecule has 1 aliphatic rings. The molecule has 3 heteroatoms. The second kappa shape index (κ2) is 8.47. The molecule has 2 unspecified atom stereocenters. The van der Waals surface area contributed by atoms with Gasteiger partial charge >= 0.3 is 0 Å². The molecule has 2 rings (SSSR count). The molecule has 0 saturated heterocycles. The second-order valence-corrected chi connectivity index (χ2v) is 6.27. The summed E-state index contributed by atoms with van der Waals surface area (Å²) in [5.41, 5.74) is 0.282. The van der Waals surface area contributed by atoms with Crippen LogP contribution in [0.25, 0.3) is 0 Å². The van der Waals surface area contributed by atoms with E-state index in [-0.39, 0.29) is 17.2 Å². The summed E-state index contributed by atoms with van der Waals surface area (Å²) in [7, 11) is 0. The van der Waals surface area contributed by atoms with Gasteiger partial charge in [0.2, 0.25) is 0 Å². The normalized spacial score (nSPS) is 23.0. The number of benzene rings is 1. The molecule has 1 aromatic carbocycles. The van der Waals surface area contributed by atoms with E-state index >= 15 is 0 Å². The smallest absolute Gasteiger partial charge is 0.129 e. The number of hydrogen-bond acceptors (Lipinski definition) is 1. The van der Waals surface area contributed by atoms with Gasteiger partial charge in [0.05, 0.1) is 0 Å². The van der Waals surface area contributed by atoms with Gasteiger partial charge in [0.1, 0.15) is 11.6 Å². The quantitative estimate of drug-likeness (QED) is 0.592. The Morgan fingerprint density at radius 3 is 2.38 bits per heavy atom. The highest BCUT2D eigenvalue weighted by Crippen LogP contribution is 2.32. The molecule has 1 nitrogen and oxygen atoms in total. The van der Waals surface area contributed by atoms with Gasteiger partial charge in [-0.15, -0.1) is 0 Å². The summed E-state index contributed by atoms with van der Waals surface area (Å²) in [6.07, 6.45) is 7.61. The van der Waals surface area contributed by atoms with E-state index in [1.54, 1.807) is 0 Å². The van der Waals surface area contributed by atoms with Crippen molar-refractivity contribution in [3.05, 3.63) is 35.4 Å². The Hall–Kier alpha value is -0.960. The van der Waals surface area contributed by atoms with Crippen LogP contribution < -0.4 is 5.32 Å². The van der Waals surface area contributed by atoms with Crippen LogP contribution in [0, 0.1) is 23.5 Å². The minimum absolute atomic E-state index is 0.282. The predicted octanol–water partition coefficient (Wildman–Crippen LogP) is 4.70. The van der Waals surface area contributed by atoms with E-state index in [2.05, 4.69) is 12.2 Å². The molecule has 1 fully saturated rings. The number of nitrogens with one attached hydrogen (secondary N) is 1. The fourth-order valence-corrected chi connectivity index (χ4v) is 3.45. The summed E-state index contributed by atoms with van der Waals surface area (Å²) in [5.74, 6) is 0.153. The monoisotopic (exact) mass is 295 g/mol. The van der Waals surface area contributed by atoms with E-state index < -0.39 is 0 Å². The lowest BCUT2D eigenvalue weighted by atomic mass is 9.83. The number of halogens is 2. The number of rotatable bonds is 6. The van der Waals surface area contributed by atoms with Gasteiger partial charge in [-0.05, 0) is 62.7 Å². The molecule has 0 heterocycles. The fourth-order valence-electron chi connectivity index (χ4n) is 3.45. The molecule has 2 atom stereocenters. The lowest BCUT2D eigenvalue weighted by molar-refractivity contribution is 0.292. The molecule has 0 amide bonds. The first kappa shape index (κ1) is 16.4. The molecule has 118 valence electrons. The van der Waals surface area contributed by atoms with Crippen LogP contribution in [0.2, 0.25) is 0 Å². The molecule has 0 aromatic heterocycles. The van der Waals surface area contributed by atoms with Crippen LogP contribution in [0.5, 0.6) is 0 Å². The summed E-state index contributed by atoms with van der Waals surface area (Å²) in [4.78, 5) is 0. The summed E-state index contributed by atoms with van der Waals surface area (Å²) < 4.78 is 27.8. The highest BCUT2D eigenvalue weighted by molar-refractivity contribution is 5.20. The van der Waals surface area contributed by atoms with Crippen LogP contribution >= 0.6 is 0 Å². The molecule has 1 saturated carbocycles. The van der Waals surface area contributed by atoms with Crippen LogP contribution in [-0.2, 0) is 6.42 Å². The van der Waals surface area contributed by atoms with Crippen molar-refractivity contribution >= 4 is 0 Å². The topological polar surface area (TPSA) is 12.0 Å². The lowest BCUT2D eigenvalue weighted by Gasteiger charge is -2.26. The van der Waals surface area contributed by atoms with Crippen LogP contribution in [0.1, 0.15) is 51.0 Å². The molecule has 1 aromatic rings. The van der Waals surface area contributed by atoms with E-state index in [9.17, 15) is 8.78 Å². The van der Waals surface area contributed by atoms with Gasteiger partial charge < -0.3 is 5.32 Å². The van der Waals surface area contributed by atoms with Gasteiger partial charge in [0.15, 0.2) is 0 Å². The van der Waals surface area contributed by atoms with Gasteiger partial charge in [0.25, 0.3) is 0 Å². The Kier molecular flexibility index (Phi) is 6.62. The van der Waals surface area contributed by atoms with Crippen LogP contribution in [0.4, 0.5) is 8.78 Å². The molecule has 1 N–H and O–H groups in total. The van der Waals surface area contributed by atoms with Crippen molar-refractivity contribution in [3.8, 4) is 0 Å². The zero-order valence-corrected chi connectivity index (χ0v) is 13.0. The van der Waals surface area contributed by atoms with Crippen LogP contribution in [-0.4, -0.2) is 13.1 Å². The lowest BCUT2D eigenvalue weighted by Crippen LogP contribution is -2.29. The highest BCUT2D eigenvalue weighted by atomic mass is 19.1. The standard InChI is InChI=1S/C18H27F2N/c1-2-11-21-13-15-8-5-3-4-7-14(15)12-16-17(19)9-6-10-18(16)20/h6,9-10,14-15,21H,2-5,7-8,11-13H2,1H3. The minimum atomic E-state index is -0.389. The SMILES string of the molecule is CCCNCC1CCCCCC1Cc1c(F)cccc1F. The minimum Gasteiger partial charge on any atom is -0.316 e. The van der Waals surface area contributed by atoms with Gasteiger partial charge in [-0.3, -0.25) is 0 Å². The van der Waals surface area contributed by atoms with Crippen molar-refractivity contribution < 1.29 is 8.78 Å². The van der Waals surface area contributed by atoms with Crippen molar-refractivity contribution in [1.29, 1.82) is 0 Å². The Morgan fingerprint density at radius 1 is 1.05 bits per heavy atom. The van der Waals surface area contributed by atoms with Gasteiger partial charge in [0, 0.05) is 5.56 Å². The van der Waals surface area contributed by atoms with Crippen LogP contribution in [0.15, 0.2) is 18.2 Å². The van der Waals surface area contributed by atoms with Crippen molar-refractivity contribution in [3.63, 3.8) is 0 Å². The zero-order valence-electron chi connectivity index (χ0n) is 13.0. The molecule has 0 spiro atoms. The van der Waals surface area contributed by atoms with Crippen LogP contribution in [0.3, 0.4) is 0 Å². The maximum Gasteiger partial charge on any atom is 0.129 e. The first-order valence-corrected chi connectivity index (χ1v) is 8.36. The molecule has 0 aliphatic heterocycles. The summed E-state index contributed by atoms with van der Waals surface area (Å²) in [6.45, 7) is 4.16. The first-order valence-electron chi connectivity index (χ1n) is 8.36. The third kappa shape index (κ3) is 4.77. The first-order chi connectivity index (χ1) is 10.2. The Labute approximate surface area is 127 Å². The largest absolute Gasteiger partial charge is 0.316 e. The fraction of sp³-hybridized carbons (Fsp3) is 0.667. The van der Waals surface area contributed by atoms with E-state index in [0.717, 1.165) is 25.9 Å². The second-order valence-electron chi connectivity index (χ2n) is 6.27. The maximum absolute atomic E-state index is 13.9. The summed E-state index contributed by atoms with van der Waals surface area (Å²) in [5, 5.41) is 3.49. The molecule has 0 bridgehead atoms. The Morgan fingerprint density at radius 2 is 1.71 bits per heavy atom. The zero-order chi connectivity index (χ0) is 15.1. The van der Waals surface area contributed by atoms with Gasteiger partial charge in [-0.2, -0.15) is 0 Å². The average Bonchev–Trinajstić information content (AvgIpc) is 2.69. The summed E-state index contributed by atoms with van der Waals surface area (Å²) in [6, 6.07) is 4.19. The van der Waals surface area contributed by atoms with Crippen molar-refractivity contribution in [2.24, 2.45) is 11.8 Å². The molecular weight excluding hydrogens is 268 g/mol.